The lowest BCUT2D eigenvalue weighted by molar-refractivity contribution is -0.135. The van der Waals surface area contributed by atoms with E-state index < -0.39 is 12.6 Å². The molecule has 0 aliphatic carbocycles. The maximum Gasteiger partial charge on any atom is 0.389 e. The van der Waals surface area contributed by atoms with Crippen molar-refractivity contribution in [3.8, 4) is 0 Å². The number of rotatable bonds is 6. The summed E-state index contributed by atoms with van der Waals surface area (Å²) in [6, 6.07) is 0. The lowest BCUT2D eigenvalue weighted by Gasteiger charge is -2.10. The standard InChI is InChI=1S/C8H14F3IO/c9-8(10,11)5-4-7(12)3-1-2-6-13/h7,13H,1-6H2. The van der Waals surface area contributed by atoms with Crippen LogP contribution in [0.4, 0.5) is 13.2 Å². The van der Waals surface area contributed by atoms with Crippen LogP contribution in [0.15, 0.2) is 0 Å². The Hall–Kier alpha value is 0.480. The van der Waals surface area contributed by atoms with Gasteiger partial charge in [-0.1, -0.05) is 29.0 Å². The Morgan fingerprint density at radius 3 is 2.23 bits per heavy atom. The second-order valence-corrected chi connectivity index (χ2v) is 4.73. The molecule has 0 bridgehead atoms. The van der Waals surface area contributed by atoms with E-state index in [4.69, 9.17) is 5.11 Å². The van der Waals surface area contributed by atoms with Crippen LogP contribution in [0.1, 0.15) is 32.1 Å². The van der Waals surface area contributed by atoms with Crippen molar-refractivity contribution in [1.29, 1.82) is 0 Å². The fourth-order valence-electron chi connectivity index (χ4n) is 0.942. The number of halogens is 4. The van der Waals surface area contributed by atoms with Gasteiger partial charge in [0.2, 0.25) is 0 Å². The summed E-state index contributed by atoms with van der Waals surface area (Å²) >= 11 is 2.04. The molecule has 1 N–H and O–H groups in total. The molecule has 80 valence electrons. The fraction of sp³-hybridized carbons (Fsp3) is 1.00. The first kappa shape index (κ1) is 13.5. The predicted octanol–water partition coefficient (Wildman–Crippen LogP) is 3.30. The highest BCUT2D eigenvalue weighted by molar-refractivity contribution is 14.1. The Balaban J connectivity index is 3.35. The van der Waals surface area contributed by atoms with Crippen LogP contribution in [0.5, 0.6) is 0 Å². The summed E-state index contributed by atoms with van der Waals surface area (Å²) in [5, 5.41) is 8.46. The molecular formula is C8H14F3IO. The number of hydrogen-bond acceptors (Lipinski definition) is 1. The first-order chi connectivity index (χ1) is 5.95. The third-order valence-electron chi connectivity index (χ3n) is 1.67. The van der Waals surface area contributed by atoms with Crippen molar-refractivity contribution in [2.24, 2.45) is 0 Å². The quantitative estimate of drug-likeness (QED) is 0.453. The average molecular weight is 310 g/mol. The van der Waals surface area contributed by atoms with Gasteiger partial charge in [-0.15, -0.1) is 0 Å². The van der Waals surface area contributed by atoms with Crippen molar-refractivity contribution < 1.29 is 18.3 Å². The summed E-state index contributed by atoms with van der Waals surface area (Å²) in [7, 11) is 0. The topological polar surface area (TPSA) is 20.2 Å². The van der Waals surface area contributed by atoms with E-state index in [1.165, 1.54) is 0 Å². The number of unbranched alkanes of at least 4 members (excludes halogenated alkanes) is 1. The van der Waals surface area contributed by atoms with Crippen LogP contribution < -0.4 is 0 Å². The molecule has 0 rings (SSSR count). The van der Waals surface area contributed by atoms with E-state index in [1.807, 2.05) is 22.6 Å². The summed E-state index contributed by atoms with van der Waals surface area (Å²) in [5.74, 6) is 0. The van der Waals surface area contributed by atoms with Gasteiger partial charge in [-0.2, -0.15) is 13.2 Å². The van der Waals surface area contributed by atoms with Crippen molar-refractivity contribution in [2.75, 3.05) is 6.61 Å². The minimum atomic E-state index is -4.03. The molecule has 0 amide bonds. The number of alkyl halides is 4. The third-order valence-corrected chi connectivity index (χ3v) is 2.91. The van der Waals surface area contributed by atoms with Gasteiger partial charge in [0.25, 0.3) is 0 Å². The van der Waals surface area contributed by atoms with Crippen LogP contribution >= 0.6 is 22.6 Å². The molecule has 0 aromatic carbocycles. The van der Waals surface area contributed by atoms with Crippen molar-refractivity contribution in [2.45, 2.75) is 42.2 Å². The lowest BCUT2D eigenvalue weighted by atomic mass is 10.1. The fourth-order valence-corrected chi connectivity index (χ4v) is 1.69. The maximum absolute atomic E-state index is 11.8. The van der Waals surface area contributed by atoms with Gasteiger partial charge in [0.1, 0.15) is 0 Å². The van der Waals surface area contributed by atoms with Crippen LogP contribution in [0.25, 0.3) is 0 Å². The van der Waals surface area contributed by atoms with Crippen LogP contribution in [0.2, 0.25) is 0 Å². The molecule has 13 heavy (non-hydrogen) atoms. The molecule has 1 nitrogen and oxygen atoms in total. The van der Waals surface area contributed by atoms with Crippen molar-refractivity contribution in [3.05, 3.63) is 0 Å². The lowest BCUT2D eigenvalue weighted by Crippen LogP contribution is -2.10. The molecule has 0 aromatic heterocycles. The molecule has 0 aliphatic rings. The number of aliphatic hydroxyl groups is 1. The molecule has 0 aromatic rings. The first-order valence-electron chi connectivity index (χ1n) is 4.27. The van der Waals surface area contributed by atoms with Crippen LogP contribution in [0, 0.1) is 0 Å². The largest absolute Gasteiger partial charge is 0.396 e. The number of aliphatic hydroxyl groups excluding tert-OH is 1. The van der Waals surface area contributed by atoms with E-state index in [-0.39, 0.29) is 17.0 Å². The normalized spacial score (nSPS) is 14.5. The highest BCUT2D eigenvalue weighted by Gasteiger charge is 2.27. The van der Waals surface area contributed by atoms with E-state index in [2.05, 4.69) is 0 Å². The monoisotopic (exact) mass is 310 g/mol. The van der Waals surface area contributed by atoms with Gasteiger partial charge >= 0.3 is 6.18 Å². The summed E-state index contributed by atoms with van der Waals surface area (Å²) in [5.41, 5.74) is 0. The molecule has 0 saturated carbocycles. The van der Waals surface area contributed by atoms with Gasteiger partial charge in [-0.3, -0.25) is 0 Å². The smallest absolute Gasteiger partial charge is 0.389 e. The maximum atomic E-state index is 11.8. The van der Waals surface area contributed by atoms with Gasteiger partial charge in [0, 0.05) is 17.0 Å². The van der Waals surface area contributed by atoms with E-state index in [1.54, 1.807) is 0 Å². The Morgan fingerprint density at radius 1 is 1.15 bits per heavy atom. The van der Waals surface area contributed by atoms with Crippen molar-refractivity contribution in [3.63, 3.8) is 0 Å². The molecule has 0 heterocycles. The number of hydrogen-bond donors (Lipinski definition) is 1. The molecule has 1 unspecified atom stereocenters. The second-order valence-electron chi connectivity index (χ2n) is 2.97. The van der Waals surface area contributed by atoms with Crippen LogP contribution in [0.3, 0.4) is 0 Å². The molecule has 5 heteroatoms. The van der Waals surface area contributed by atoms with Crippen LogP contribution in [-0.4, -0.2) is 21.8 Å². The van der Waals surface area contributed by atoms with Gasteiger partial charge in [0.05, 0.1) is 0 Å². The summed E-state index contributed by atoms with van der Waals surface area (Å²) < 4.78 is 35.4. The van der Waals surface area contributed by atoms with E-state index in [0.717, 1.165) is 12.8 Å². The van der Waals surface area contributed by atoms with Gasteiger partial charge in [0.15, 0.2) is 0 Å². The van der Waals surface area contributed by atoms with Gasteiger partial charge in [-0.05, 0) is 19.3 Å². The molecule has 0 fully saturated rings. The first-order valence-corrected chi connectivity index (χ1v) is 5.52. The molecule has 0 radical (unpaired) electrons. The summed E-state index contributed by atoms with van der Waals surface area (Å²) in [6.45, 7) is 0.128. The zero-order valence-corrected chi connectivity index (χ0v) is 9.44. The summed E-state index contributed by atoms with van der Waals surface area (Å²) in [4.78, 5) is 0. The van der Waals surface area contributed by atoms with Gasteiger partial charge in [-0.25, -0.2) is 0 Å². The average Bonchev–Trinajstić information content (AvgIpc) is 2.00. The predicted molar refractivity (Wildman–Crippen MR) is 54.0 cm³/mol. The Kier molecular flexibility index (Phi) is 7.12. The zero-order valence-electron chi connectivity index (χ0n) is 7.28. The summed E-state index contributed by atoms with van der Waals surface area (Å²) in [6.07, 6.45) is -2.28. The van der Waals surface area contributed by atoms with Crippen LogP contribution in [-0.2, 0) is 0 Å². The van der Waals surface area contributed by atoms with E-state index in [9.17, 15) is 13.2 Å². The highest BCUT2D eigenvalue weighted by Crippen LogP contribution is 2.26. The van der Waals surface area contributed by atoms with Gasteiger partial charge < -0.3 is 5.11 Å². The molecule has 0 aliphatic heterocycles. The molecular weight excluding hydrogens is 296 g/mol. The Bertz CT molecular complexity index is 127. The van der Waals surface area contributed by atoms with Crippen molar-refractivity contribution in [1.82, 2.24) is 0 Å². The van der Waals surface area contributed by atoms with E-state index in [0.29, 0.717) is 6.42 Å². The van der Waals surface area contributed by atoms with Crippen molar-refractivity contribution >= 4 is 22.6 Å². The minimum absolute atomic E-state index is 0.0748. The SMILES string of the molecule is OCCCCC(I)CCC(F)(F)F. The second kappa shape index (κ2) is 6.86. The van der Waals surface area contributed by atoms with E-state index >= 15 is 0 Å². The minimum Gasteiger partial charge on any atom is -0.396 e. The Morgan fingerprint density at radius 2 is 1.77 bits per heavy atom. The molecule has 1 atom stereocenters. The Labute approximate surface area is 89.8 Å². The zero-order chi connectivity index (χ0) is 10.3. The molecule has 0 saturated heterocycles. The molecule has 0 spiro atoms. The highest BCUT2D eigenvalue weighted by atomic mass is 127. The third kappa shape index (κ3) is 10.4.